The number of halogens is 4. The molecule has 0 saturated carbocycles. The zero-order valence-electron chi connectivity index (χ0n) is 13.5. The van der Waals surface area contributed by atoms with Gasteiger partial charge in [-0.1, -0.05) is 6.07 Å². The highest BCUT2D eigenvalue weighted by Crippen LogP contribution is 2.33. The molecule has 2 rings (SSSR count). The van der Waals surface area contributed by atoms with Crippen molar-refractivity contribution in [3.05, 3.63) is 47.3 Å². The summed E-state index contributed by atoms with van der Waals surface area (Å²) in [6, 6.07) is 8.12. The quantitative estimate of drug-likeness (QED) is 0.452. The summed E-state index contributed by atoms with van der Waals surface area (Å²) in [6.45, 7) is 0. The Morgan fingerprint density at radius 1 is 0.929 bits per heavy atom. The largest absolute Gasteiger partial charge is 0.516 e. The second-order valence-electron chi connectivity index (χ2n) is 5.15. The predicted octanol–water partition coefficient (Wildman–Crippen LogP) is 3.39. The number of sulfonamides is 1. The second kappa shape index (κ2) is 7.43. The lowest BCUT2D eigenvalue weighted by atomic mass is 10.00. The highest BCUT2D eigenvalue weighted by Gasteiger charge is 2.46. The van der Waals surface area contributed by atoms with Gasteiger partial charge in [-0.15, -0.1) is 0 Å². The second-order valence-corrected chi connectivity index (χ2v) is 6.82. The smallest absolute Gasteiger partial charge is 0.291 e. The molecule has 0 aliphatic carbocycles. The Bertz CT molecular complexity index is 1170. The predicted molar refractivity (Wildman–Crippen MR) is 89.1 cm³/mol. The average Bonchev–Trinajstić information content (AvgIpc) is 2.62. The fraction of sp³-hybridized carbons (Fsp3) is 0.0625. The van der Waals surface area contributed by atoms with E-state index in [9.17, 15) is 26.0 Å². The van der Waals surface area contributed by atoms with E-state index >= 15 is 0 Å². The first kappa shape index (κ1) is 20.5. The number of alkyl halides is 3. The van der Waals surface area contributed by atoms with Crippen molar-refractivity contribution >= 4 is 21.4 Å². The van der Waals surface area contributed by atoms with Crippen LogP contribution in [0.5, 0.6) is 0 Å². The van der Waals surface area contributed by atoms with E-state index in [1.54, 1.807) is 12.3 Å². The number of benzene rings is 2. The van der Waals surface area contributed by atoms with E-state index in [-0.39, 0.29) is 22.4 Å². The molecule has 0 unspecified atom stereocenters. The maximum absolute atomic E-state index is 14.4. The van der Waals surface area contributed by atoms with Crippen LogP contribution in [0.2, 0.25) is 0 Å². The molecule has 0 radical (unpaired) electrons. The fourth-order valence-electron chi connectivity index (χ4n) is 2.15. The SMILES string of the molecule is N#CNc1cc(-c2cc(NS(=O)(=O)C(F)(F)F)c(C#N)cc2F)ccc1C#N. The van der Waals surface area contributed by atoms with Crippen molar-refractivity contribution in [2.45, 2.75) is 5.51 Å². The van der Waals surface area contributed by atoms with Crippen LogP contribution in [0.25, 0.3) is 11.1 Å². The number of nitrogens with one attached hydrogen (secondary N) is 2. The summed E-state index contributed by atoms with van der Waals surface area (Å²) in [7, 11) is -5.84. The van der Waals surface area contributed by atoms with Crippen LogP contribution < -0.4 is 10.0 Å². The van der Waals surface area contributed by atoms with Crippen LogP contribution in [0.3, 0.4) is 0 Å². The van der Waals surface area contributed by atoms with Gasteiger partial charge in [-0.2, -0.15) is 37.4 Å². The molecular formula is C16H7F4N5O2S. The third-order valence-electron chi connectivity index (χ3n) is 3.42. The molecule has 142 valence electrons. The molecule has 0 atom stereocenters. The Morgan fingerprint density at radius 3 is 2.11 bits per heavy atom. The van der Waals surface area contributed by atoms with Crippen LogP contribution in [0.4, 0.5) is 28.9 Å². The summed E-state index contributed by atoms with van der Waals surface area (Å²) in [4.78, 5) is 0. The number of hydrogen-bond donors (Lipinski definition) is 2. The first-order valence-corrected chi connectivity index (χ1v) is 8.54. The summed E-state index contributed by atoms with van der Waals surface area (Å²) in [5.41, 5.74) is -7.39. The lowest BCUT2D eigenvalue weighted by molar-refractivity contribution is -0.0429. The average molecular weight is 409 g/mol. The Hall–Kier alpha value is -3.82. The van der Waals surface area contributed by atoms with Crippen LogP contribution in [-0.4, -0.2) is 13.9 Å². The minimum absolute atomic E-state index is 0.00341. The highest BCUT2D eigenvalue weighted by molar-refractivity contribution is 7.93. The first-order valence-electron chi connectivity index (χ1n) is 7.06. The van der Waals surface area contributed by atoms with E-state index < -0.39 is 32.6 Å². The van der Waals surface area contributed by atoms with Gasteiger partial charge in [0.1, 0.15) is 18.0 Å². The molecule has 0 fully saturated rings. The Labute approximate surface area is 156 Å². The summed E-state index contributed by atoms with van der Waals surface area (Å²) >= 11 is 0. The van der Waals surface area contributed by atoms with Gasteiger partial charge in [-0.25, -0.2) is 4.39 Å². The standard InChI is InChI=1S/C16H7F4N5O2S/c17-13-3-11(7-22)15(25-28(26,27)16(18,19)20)5-12(13)9-1-2-10(6-21)14(4-9)24-8-23/h1-5,24-25H. The molecule has 28 heavy (non-hydrogen) atoms. The van der Waals surface area contributed by atoms with Crippen LogP contribution in [-0.2, 0) is 10.0 Å². The summed E-state index contributed by atoms with van der Waals surface area (Å²) in [5.74, 6) is -1.03. The summed E-state index contributed by atoms with van der Waals surface area (Å²) in [6.07, 6.45) is 1.57. The summed E-state index contributed by atoms with van der Waals surface area (Å²) < 4.78 is 76.0. The van der Waals surface area contributed by atoms with Crippen molar-refractivity contribution in [2.75, 3.05) is 10.0 Å². The topological polar surface area (TPSA) is 130 Å². The number of nitrogens with zero attached hydrogens (tertiary/aromatic N) is 3. The number of rotatable bonds is 4. The van der Waals surface area contributed by atoms with Gasteiger partial charge in [-0.3, -0.25) is 10.0 Å². The van der Waals surface area contributed by atoms with Crippen LogP contribution >= 0.6 is 0 Å². The first-order chi connectivity index (χ1) is 13.0. The van der Waals surface area contributed by atoms with E-state index in [0.717, 1.165) is 0 Å². The van der Waals surface area contributed by atoms with Crippen molar-refractivity contribution in [2.24, 2.45) is 0 Å². The number of nitriles is 3. The molecule has 0 amide bonds. The van der Waals surface area contributed by atoms with Gasteiger partial charge in [-0.05, 0) is 29.8 Å². The minimum Gasteiger partial charge on any atom is -0.291 e. The van der Waals surface area contributed by atoms with Gasteiger partial charge < -0.3 is 0 Å². The minimum atomic E-state index is -5.84. The zero-order chi connectivity index (χ0) is 21.1. The maximum atomic E-state index is 14.4. The molecule has 2 aromatic carbocycles. The summed E-state index contributed by atoms with van der Waals surface area (Å²) in [5, 5.41) is 28.9. The molecule has 12 heteroatoms. The van der Waals surface area contributed by atoms with Crippen LogP contribution in [0, 0.1) is 39.9 Å². The van der Waals surface area contributed by atoms with E-state index in [2.05, 4.69) is 5.32 Å². The van der Waals surface area contributed by atoms with Gasteiger partial charge >= 0.3 is 15.5 Å². The van der Waals surface area contributed by atoms with Crippen LogP contribution in [0.1, 0.15) is 11.1 Å². The monoisotopic (exact) mass is 409 g/mol. The normalized spacial score (nSPS) is 11.0. The fourth-order valence-corrected chi connectivity index (χ4v) is 2.72. The van der Waals surface area contributed by atoms with E-state index in [1.165, 1.54) is 29.0 Å². The number of hydrogen-bond acceptors (Lipinski definition) is 6. The van der Waals surface area contributed by atoms with Gasteiger partial charge in [0.15, 0.2) is 6.19 Å². The molecule has 0 spiro atoms. The molecule has 2 N–H and O–H groups in total. The molecule has 0 bridgehead atoms. The van der Waals surface area contributed by atoms with Gasteiger partial charge in [0.25, 0.3) is 0 Å². The van der Waals surface area contributed by atoms with Crippen molar-refractivity contribution in [1.29, 1.82) is 15.8 Å². The van der Waals surface area contributed by atoms with E-state index in [0.29, 0.717) is 12.1 Å². The van der Waals surface area contributed by atoms with Gasteiger partial charge in [0.2, 0.25) is 0 Å². The zero-order valence-corrected chi connectivity index (χ0v) is 14.3. The molecule has 7 nitrogen and oxygen atoms in total. The van der Waals surface area contributed by atoms with Crippen LogP contribution in [0.15, 0.2) is 30.3 Å². The Kier molecular flexibility index (Phi) is 5.44. The van der Waals surface area contributed by atoms with Crippen molar-refractivity contribution in [1.82, 2.24) is 0 Å². The van der Waals surface area contributed by atoms with Crippen molar-refractivity contribution < 1.29 is 26.0 Å². The van der Waals surface area contributed by atoms with E-state index in [4.69, 9.17) is 15.8 Å². The maximum Gasteiger partial charge on any atom is 0.516 e. The molecule has 0 aromatic heterocycles. The molecule has 0 heterocycles. The Balaban J connectivity index is 2.65. The molecule has 0 aliphatic rings. The molecule has 2 aromatic rings. The third kappa shape index (κ3) is 3.95. The third-order valence-corrected chi connectivity index (χ3v) is 4.52. The number of anilines is 2. The lowest BCUT2D eigenvalue weighted by Gasteiger charge is -2.14. The lowest BCUT2D eigenvalue weighted by Crippen LogP contribution is -2.30. The molecular weight excluding hydrogens is 402 g/mol. The van der Waals surface area contributed by atoms with Crippen molar-refractivity contribution in [3.63, 3.8) is 0 Å². The Morgan fingerprint density at radius 2 is 1.57 bits per heavy atom. The molecule has 0 aliphatic heterocycles. The van der Waals surface area contributed by atoms with Crippen molar-refractivity contribution in [3.8, 4) is 29.5 Å². The van der Waals surface area contributed by atoms with E-state index in [1.807, 2.05) is 0 Å². The highest BCUT2D eigenvalue weighted by atomic mass is 32.2. The molecule has 0 saturated heterocycles. The van der Waals surface area contributed by atoms with Gasteiger partial charge in [0.05, 0.1) is 22.5 Å². The van der Waals surface area contributed by atoms with Gasteiger partial charge in [0, 0.05) is 5.56 Å².